The largest absolute Gasteiger partial charge is 0.393 e. The predicted molar refractivity (Wildman–Crippen MR) is 110 cm³/mol. The number of piperidine rings is 1. The van der Waals surface area contributed by atoms with Crippen molar-refractivity contribution in [2.45, 2.75) is 38.3 Å². The molecule has 0 aliphatic carbocycles. The van der Waals surface area contributed by atoms with E-state index >= 15 is 0 Å². The highest BCUT2D eigenvalue weighted by Gasteiger charge is 2.21. The Kier molecular flexibility index (Phi) is 5.76. The van der Waals surface area contributed by atoms with E-state index in [0.717, 1.165) is 30.2 Å². The number of nitrogens with one attached hydrogen (secondary N) is 1. The number of hydrogen-bond donors (Lipinski definition) is 2. The lowest BCUT2D eigenvalue weighted by Gasteiger charge is -2.31. The Labute approximate surface area is 172 Å². The molecule has 0 spiro atoms. The van der Waals surface area contributed by atoms with Crippen LogP contribution in [0.1, 0.15) is 43.4 Å². The van der Waals surface area contributed by atoms with Gasteiger partial charge >= 0.3 is 0 Å². The third-order valence-corrected chi connectivity index (χ3v) is 5.58. The van der Waals surface area contributed by atoms with Gasteiger partial charge in [-0.05, 0) is 38.0 Å². The van der Waals surface area contributed by atoms with Crippen LogP contribution in [0.4, 0.5) is 24.5 Å². The summed E-state index contributed by atoms with van der Waals surface area (Å²) in [6, 6.07) is 9.31. The van der Waals surface area contributed by atoms with E-state index in [1.165, 1.54) is 12.1 Å². The fraction of sp³-hybridized carbons (Fsp3) is 0.364. The van der Waals surface area contributed by atoms with Crippen molar-refractivity contribution in [1.29, 1.82) is 0 Å². The van der Waals surface area contributed by atoms with E-state index < -0.39 is 23.8 Å². The summed E-state index contributed by atoms with van der Waals surface area (Å²) in [6.07, 6.45) is -0.142. The average Bonchev–Trinajstić information content (AvgIpc) is 2.74. The molecule has 1 fully saturated rings. The number of aliphatic hydroxyl groups is 1. The first-order valence-corrected chi connectivity index (χ1v) is 9.95. The Morgan fingerprint density at radius 3 is 2.60 bits per heavy atom. The highest BCUT2D eigenvalue weighted by atomic mass is 19.3. The molecule has 8 heteroatoms. The molecule has 0 amide bonds. The first kappa shape index (κ1) is 20.4. The molecule has 2 heterocycles. The number of aliphatic hydroxyl groups excluding tert-OH is 1. The number of fused-ring (bicyclic) bond motifs is 1. The molecule has 1 saturated heterocycles. The van der Waals surface area contributed by atoms with Crippen LogP contribution < -0.4 is 10.2 Å². The number of hydrogen-bond acceptors (Lipinski definition) is 5. The lowest BCUT2D eigenvalue weighted by Crippen LogP contribution is -2.35. The van der Waals surface area contributed by atoms with Crippen molar-refractivity contribution < 1.29 is 18.3 Å². The summed E-state index contributed by atoms with van der Waals surface area (Å²) >= 11 is 0. The van der Waals surface area contributed by atoms with Crippen LogP contribution in [0.15, 0.2) is 42.6 Å². The molecule has 1 aliphatic rings. The number of benzene rings is 2. The van der Waals surface area contributed by atoms with Gasteiger partial charge in [0.15, 0.2) is 0 Å². The minimum Gasteiger partial charge on any atom is -0.393 e. The fourth-order valence-electron chi connectivity index (χ4n) is 3.86. The normalized spacial score (nSPS) is 16.3. The van der Waals surface area contributed by atoms with E-state index in [2.05, 4.69) is 20.4 Å². The summed E-state index contributed by atoms with van der Waals surface area (Å²) in [4.78, 5) is 2.20. The Morgan fingerprint density at radius 1 is 1.13 bits per heavy atom. The fourth-order valence-corrected chi connectivity index (χ4v) is 3.86. The van der Waals surface area contributed by atoms with Crippen molar-refractivity contribution in [3.63, 3.8) is 0 Å². The maximum Gasteiger partial charge on any atom is 0.266 e. The number of aromatic nitrogens is 2. The van der Waals surface area contributed by atoms with Crippen molar-refractivity contribution in [2.24, 2.45) is 0 Å². The molecule has 0 radical (unpaired) electrons. The summed E-state index contributed by atoms with van der Waals surface area (Å²) in [5, 5.41) is 21.9. The molecule has 5 nitrogen and oxygen atoms in total. The van der Waals surface area contributed by atoms with Crippen molar-refractivity contribution in [3.05, 3.63) is 59.5 Å². The molecule has 0 bridgehead atoms. The quantitative estimate of drug-likeness (QED) is 0.623. The lowest BCUT2D eigenvalue weighted by molar-refractivity contribution is 0.145. The molecule has 2 aromatic carbocycles. The SMILES string of the molecule is C[C@@H](Nc1cnnc2ccc(N3CCC(O)CC3)cc12)c1cccc(C(F)F)c1F. The van der Waals surface area contributed by atoms with Crippen molar-refractivity contribution in [1.82, 2.24) is 10.2 Å². The maximum absolute atomic E-state index is 14.6. The van der Waals surface area contributed by atoms with Crippen LogP contribution in [0.3, 0.4) is 0 Å². The average molecular weight is 416 g/mol. The number of halogens is 3. The Hall–Kier alpha value is -2.87. The number of alkyl halides is 2. The summed E-state index contributed by atoms with van der Waals surface area (Å²) in [5.41, 5.74) is 1.89. The van der Waals surface area contributed by atoms with Gasteiger partial charge in [-0.1, -0.05) is 18.2 Å². The predicted octanol–water partition coefficient (Wildman–Crippen LogP) is 4.84. The highest BCUT2D eigenvalue weighted by Crippen LogP contribution is 2.32. The molecule has 3 aromatic rings. The highest BCUT2D eigenvalue weighted by molar-refractivity contribution is 5.93. The summed E-state index contributed by atoms with van der Waals surface area (Å²) in [6.45, 7) is 3.24. The minimum absolute atomic E-state index is 0.166. The van der Waals surface area contributed by atoms with Gasteiger partial charge < -0.3 is 15.3 Å². The van der Waals surface area contributed by atoms with Crippen LogP contribution >= 0.6 is 0 Å². The van der Waals surface area contributed by atoms with Gasteiger partial charge in [0.05, 0.1) is 35.1 Å². The zero-order valence-corrected chi connectivity index (χ0v) is 16.5. The van der Waals surface area contributed by atoms with E-state index in [4.69, 9.17) is 0 Å². The van der Waals surface area contributed by atoms with Gasteiger partial charge in [-0.2, -0.15) is 10.2 Å². The van der Waals surface area contributed by atoms with Gasteiger partial charge in [-0.15, -0.1) is 0 Å². The molecule has 0 unspecified atom stereocenters. The Bertz CT molecular complexity index is 1040. The van der Waals surface area contributed by atoms with Crippen molar-refractivity contribution >= 4 is 22.3 Å². The van der Waals surface area contributed by atoms with Gasteiger partial charge in [-0.3, -0.25) is 0 Å². The second-order valence-corrected chi connectivity index (χ2v) is 7.60. The van der Waals surface area contributed by atoms with Gasteiger partial charge in [0, 0.05) is 29.7 Å². The third-order valence-electron chi connectivity index (χ3n) is 5.58. The third kappa shape index (κ3) is 4.05. The molecule has 158 valence electrons. The molecule has 1 aliphatic heterocycles. The smallest absolute Gasteiger partial charge is 0.266 e. The van der Waals surface area contributed by atoms with E-state index in [0.29, 0.717) is 24.0 Å². The zero-order chi connectivity index (χ0) is 21.3. The van der Waals surface area contributed by atoms with Crippen LogP contribution in [0.25, 0.3) is 10.9 Å². The van der Waals surface area contributed by atoms with Gasteiger partial charge in [-0.25, -0.2) is 13.2 Å². The van der Waals surface area contributed by atoms with Crippen LogP contribution in [0.2, 0.25) is 0 Å². The monoisotopic (exact) mass is 416 g/mol. The minimum atomic E-state index is -2.87. The maximum atomic E-state index is 14.6. The van der Waals surface area contributed by atoms with E-state index in [9.17, 15) is 18.3 Å². The summed E-state index contributed by atoms with van der Waals surface area (Å²) in [7, 11) is 0. The topological polar surface area (TPSA) is 61.3 Å². The number of nitrogens with zero attached hydrogens (tertiary/aromatic N) is 3. The summed E-state index contributed by atoms with van der Waals surface area (Å²) < 4.78 is 40.7. The van der Waals surface area contributed by atoms with Crippen molar-refractivity contribution in [2.75, 3.05) is 23.3 Å². The molecule has 1 aromatic heterocycles. The van der Waals surface area contributed by atoms with Gasteiger partial charge in [0.1, 0.15) is 5.82 Å². The second kappa shape index (κ2) is 8.47. The first-order valence-electron chi connectivity index (χ1n) is 9.95. The molecular formula is C22H23F3N4O. The molecule has 2 N–H and O–H groups in total. The van der Waals surface area contributed by atoms with Gasteiger partial charge in [0.2, 0.25) is 0 Å². The van der Waals surface area contributed by atoms with E-state index in [-0.39, 0.29) is 11.7 Å². The zero-order valence-electron chi connectivity index (χ0n) is 16.5. The van der Waals surface area contributed by atoms with Crippen LogP contribution in [-0.2, 0) is 0 Å². The summed E-state index contributed by atoms with van der Waals surface area (Å²) in [5.74, 6) is -0.897. The van der Waals surface area contributed by atoms with Crippen molar-refractivity contribution in [3.8, 4) is 0 Å². The van der Waals surface area contributed by atoms with Crippen LogP contribution in [0, 0.1) is 5.82 Å². The van der Waals surface area contributed by atoms with E-state index in [1.807, 2.05) is 18.2 Å². The molecule has 0 saturated carbocycles. The molecular weight excluding hydrogens is 393 g/mol. The molecule has 4 rings (SSSR count). The van der Waals surface area contributed by atoms with Crippen LogP contribution in [-0.4, -0.2) is 34.5 Å². The second-order valence-electron chi connectivity index (χ2n) is 7.60. The van der Waals surface area contributed by atoms with E-state index in [1.54, 1.807) is 13.1 Å². The lowest BCUT2D eigenvalue weighted by atomic mass is 10.0. The van der Waals surface area contributed by atoms with Crippen LogP contribution in [0.5, 0.6) is 0 Å². The molecule has 1 atom stereocenters. The first-order chi connectivity index (χ1) is 14.4. The Morgan fingerprint density at radius 2 is 1.87 bits per heavy atom. The van der Waals surface area contributed by atoms with Gasteiger partial charge in [0.25, 0.3) is 6.43 Å². The standard InChI is InChI=1S/C22H23F3N4O/c1-13(16-3-2-4-17(21(16)23)22(24)25)27-20-12-26-28-19-6-5-14(11-18(19)20)29-9-7-15(30)8-10-29/h2-6,11-13,15,22,30H,7-10H2,1H3,(H,27,28)/t13-/m1/s1. The Balaban J connectivity index is 1.64. The number of rotatable bonds is 5. The number of anilines is 2. The molecule has 30 heavy (non-hydrogen) atoms.